The second-order valence-electron chi connectivity index (χ2n) is 6.55. The molecule has 0 aliphatic heterocycles. The van der Waals surface area contributed by atoms with Gasteiger partial charge in [-0.15, -0.1) is 9.19 Å². The van der Waals surface area contributed by atoms with Crippen molar-refractivity contribution in [1.29, 1.82) is 0 Å². The fourth-order valence-corrected chi connectivity index (χ4v) is 4.14. The predicted octanol–water partition coefficient (Wildman–Crippen LogP) is 1.99. The summed E-state index contributed by atoms with van der Waals surface area (Å²) in [7, 11) is -3.94. The predicted molar refractivity (Wildman–Crippen MR) is 98.6 cm³/mol. The molecule has 2 aromatic rings. The zero-order chi connectivity index (χ0) is 19.4. The van der Waals surface area contributed by atoms with E-state index in [9.17, 15) is 18.0 Å². The van der Waals surface area contributed by atoms with Crippen LogP contribution in [0.2, 0.25) is 0 Å². The SMILES string of the molecule is CC(=O)Nc1ncn(S(=O)(=O)c2ccc(NC(=O)CC3CCCC3)cc2)n1. The van der Waals surface area contributed by atoms with Gasteiger partial charge in [0.05, 0.1) is 4.90 Å². The van der Waals surface area contributed by atoms with Crippen LogP contribution in [0.5, 0.6) is 0 Å². The van der Waals surface area contributed by atoms with E-state index in [1.165, 1.54) is 44.0 Å². The van der Waals surface area contributed by atoms with Gasteiger partial charge < -0.3 is 5.32 Å². The van der Waals surface area contributed by atoms with Crippen LogP contribution in [0.4, 0.5) is 11.6 Å². The number of rotatable bonds is 6. The molecule has 3 rings (SSSR count). The highest BCUT2D eigenvalue weighted by Crippen LogP contribution is 2.28. The molecule has 1 aliphatic carbocycles. The van der Waals surface area contributed by atoms with Gasteiger partial charge in [0.2, 0.25) is 17.8 Å². The smallest absolute Gasteiger partial charge is 0.284 e. The molecule has 0 bridgehead atoms. The van der Waals surface area contributed by atoms with E-state index in [0.717, 1.165) is 19.2 Å². The van der Waals surface area contributed by atoms with Crippen LogP contribution in [-0.2, 0) is 19.6 Å². The Bertz CT molecular complexity index is 930. The Kier molecular flexibility index (Phi) is 5.54. The van der Waals surface area contributed by atoms with Gasteiger partial charge in [-0.3, -0.25) is 14.9 Å². The number of hydrogen-bond donors (Lipinski definition) is 2. The molecular weight excluding hydrogens is 370 g/mol. The maximum atomic E-state index is 12.6. The zero-order valence-electron chi connectivity index (χ0n) is 14.9. The minimum Gasteiger partial charge on any atom is -0.326 e. The Morgan fingerprint density at radius 2 is 1.81 bits per heavy atom. The van der Waals surface area contributed by atoms with E-state index in [1.807, 2.05) is 0 Å². The lowest BCUT2D eigenvalue weighted by molar-refractivity contribution is -0.117. The normalized spacial score (nSPS) is 14.9. The molecular formula is C17H21N5O4S. The van der Waals surface area contributed by atoms with E-state index in [4.69, 9.17) is 0 Å². The molecule has 0 radical (unpaired) electrons. The number of anilines is 2. The highest BCUT2D eigenvalue weighted by Gasteiger charge is 2.20. The number of nitrogens with zero attached hydrogens (tertiary/aromatic N) is 3. The van der Waals surface area contributed by atoms with Crippen molar-refractivity contribution >= 4 is 33.5 Å². The number of amides is 2. The van der Waals surface area contributed by atoms with Crippen molar-refractivity contribution in [2.45, 2.75) is 43.9 Å². The van der Waals surface area contributed by atoms with E-state index < -0.39 is 15.9 Å². The first-order chi connectivity index (χ1) is 12.8. The van der Waals surface area contributed by atoms with Crippen LogP contribution in [0.15, 0.2) is 35.5 Å². The highest BCUT2D eigenvalue weighted by atomic mass is 32.2. The quantitative estimate of drug-likeness (QED) is 0.776. The van der Waals surface area contributed by atoms with Crippen LogP contribution in [0.3, 0.4) is 0 Å². The van der Waals surface area contributed by atoms with Crippen molar-refractivity contribution in [2.24, 2.45) is 5.92 Å². The van der Waals surface area contributed by atoms with Crippen LogP contribution < -0.4 is 10.6 Å². The molecule has 2 N–H and O–H groups in total. The van der Waals surface area contributed by atoms with Crippen LogP contribution in [-0.4, -0.2) is 34.4 Å². The molecule has 0 atom stereocenters. The molecule has 1 fully saturated rings. The fraction of sp³-hybridized carbons (Fsp3) is 0.412. The third-order valence-corrected chi connectivity index (χ3v) is 5.93. The molecule has 0 saturated heterocycles. The van der Waals surface area contributed by atoms with Gasteiger partial charge in [0, 0.05) is 19.0 Å². The third kappa shape index (κ3) is 4.70. The third-order valence-electron chi connectivity index (χ3n) is 4.39. The van der Waals surface area contributed by atoms with Crippen molar-refractivity contribution < 1.29 is 18.0 Å². The van der Waals surface area contributed by atoms with Crippen LogP contribution in [0, 0.1) is 5.92 Å². The maximum Gasteiger partial charge on any atom is 0.284 e. The van der Waals surface area contributed by atoms with E-state index in [-0.39, 0.29) is 16.8 Å². The number of aromatic nitrogens is 3. The summed E-state index contributed by atoms with van der Waals surface area (Å²) >= 11 is 0. The summed E-state index contributed by atoms with van der Waals surface area (Å²) in [6.45, 7) is 1.27. The highest BCUT2D eigenvalue weighted by molar-refractivity contribution is 7.89. The first-order valence-corrected chi connectivity index (χ1v) is 10.1. The van der Waals surface area contributed by atoms with E-state index >= 15 is 0 Å². The second kappa shape index (κ2) is 7.87. The van der Waals surface area contributed by atoms with Gasteiger partial charge in [0.25, 0.3) is 10.0 Å². The lowest BCUT2D eigenvalue weighted by atomic mass is 10.0. The average molecular weight is 391 g/mol. The lowest BCUT2D eigenvalue weighted by Crippen LogP contribution is -2.16. The van der Waals surface area contributed by atoms with E-state index in [0.29, 0.717) is 22.1 Å². The fourth-order valence-electron chi connectivity index (χ4n) is 3.09. The van der Waals surface area contributed by atoms with Crippen molar-refractivity contribution in [3.05, 3.63) is 30.6 Å². The van der Waals surface area contributed by atoms with Gasteiger partial charge in [0.15, 0.2) is 0 Å². The molecule has 0 spiro atoms. The van der Waals surface area contributed by atoms with Crippen molar-refractivity contribution in [1.82, 2.24) is 14.2 Å². The summed E-state index contributed by atoms with van der Waals surface area (Å²) in [6.07, 6.45) is 6.03. The molecule has 2 amide bonds. The summed E-state index contributed by atoms with van der Waals surface area (Å²) in [5.74, 6) is -0.117. The van der Waals surface area contributed by atoms with Crippen LogP contribution in [0.1, 0.15) is 39.0 Å². The molecule has 144 valence electrons. The summed E-state index contributed by atoms with van der Waals surface area (Å²) < 4.78 is 25.8. The van der Waals surface area contributed by atoms with Crippen LogP contribution in [0.25, 0.3) is 0 Å². The second-order valence-corrected chi connectivity index (χ2v) is 8.35. The molecule has 9 nitrogen and oxygen atoms in total. The number of benzene rings is 1. The average Bonchev–Trinajstić information content (AvgIpc) is 3.27. The van der Waals surface area contributed by atoms with Crippen LogP contribution >= 0.6 is 0 Å². The van der Waals surface area contributed by atoms with Crippen molar-refractivity contribution in [3.8, 4) is 0 Å². The molecule has 1 aromatic heterocycles. The van der Waals surface area contributed by atoms with Gasteiger partial charge in [-0.2, -0.15) is 13.4 Å². The molecule has 1 aliphatic rings. The first kappa shape index (κ1) is 19.0. The standard InChI is InChI=1S/C17H21N5O4S/c1-12(23)19-17-18-11-22(21-17)27(25,26)15-8-6-14(7-9-15)20-16(24)10-13-4-2-3-5-13/h6-9,11,13H,2-5,10H2,1H3,(H,20,24)(H,19,21,23). The van der Waals surface area contributed by atoms with Gasteiger partial charge in [0.1, 0.15) is 6.33 Å². The molecule has 1 saturated carbocycles. The molecule has 27 heavy (non-hydrogen) atoms. The van der Waals surface area contributed by atoms with Gasteiger partial charge in [-0.05, 0) is 43.0 Å². The minimum atomic E-state index is -3.94. The minimum absolute atomic E-state index is 0.00410. The zero-order valence-corrected chi connectivity index (χ0v) is 15.7. The number of hydrogen-bond acceptors (Lipinski definition) is 6. The Morgan fingerprint density at radius 3 is 2.44 bits per heavy atom. The van der Waals surface area contributed by atoms with Gasteiger partial charge in [-0.25, -0.2) is 0 Å². The topological polar surface area (TPSA) is 123 Å². The summed E-state index contributed by atoms with van der Waals surface area (Å²) in [5, 5.41) is 8.85. The Labute approximate surface area is 157 Å². The largest absolute Gasteiger partial charge is 0.326 e. The van der Waals surface area contributed by atoms with Gasteiger partial charge in [-0.1, -0.05) is 12.8 Å². The first-order valence-electron chi connectivity index (χ1n) is 8.69. The summed E-state index contributed by atoms with van der Waals surface area (Å²) in [4.78, 5) is 26.8. The molecule has 1 heterocycles. The van der Waals surface area contributed by atoms with Crippen molar-refractivity contribution in [2.75, 3.05) is 10.6 Å². The van der Waals surface area contributed by atoms with E-state index in [2.05, 4.69) is 20.7 Å². The maximum absolute atomic E-state index is 12.6. The summed E-state index contributed by atoms with van der Waals surface area (Å²) in [5.41, 5.74) is 0.537. The number of carbonyl (C=O) groups excluding carboxylic acids is 2. The monoisotopic (exact) mass is 391 g/mol. The summed E-state index contributed by atoms with van der Waals surface area (Å²) in [6, 6.07) is 5.84. The molecule has 10 heteroatoms. The Balaban J connectivity index is 1.67. The Hall–Kier alpha value is -2.75. The Morgan fingerprint density at radius 1 is 1.15 bits per heavy atom. The molecule has 1 aromatic carbocycles. The number of nitrogens with one attached hydrogen (secondary N) is 2. The lowest BCUT2D eigenvalue weighted by Gasteiger charge is -2.10. The van der Waals surface area contributed by atoms with Crippen molar-refractivity contribution in [3.63, 3.8) is 0 Å². The molecule has 0 unspecified atom stereocenters. The number of carbonyl (C=O) groups is 2. The van der Waals surface area contributed by atoms with Gasteiger partial charge >= 0.3 is 0 Å². The van der Waals surface area contributed by atoms with E-state index in [1.54, 1.807) is 0 Å².